The van der Waals surface area contributed by atoms with Gasteiger partial charge >= 0.3 is 0 Å². The summed E-state index contributed by atoms with van der Waals surface area (Å²) < 4.78 is 0. The largest absolute Gasteiger partial charge is 0.361 e. The van der Waals surface area contributed by atoms with Crippen molar-refractivity contribution in [2.24, 2.45) is 0 Å². The smallest absolute Gasteiger partial charge is 0.123 e. The van der Waals surface area contributed by atoms with Crippen LogP contribution in [0.2, 0.25) is 0 Å². The molecule has 4 rings (SSSR count). The van der Waals surface area contributed by atoms with Crippen LogP contribution in [0, 0.1) is 6.92 Å². The molecule has 4 nitrogen and oxygen atoms in total. The first kappa shape index (κ1) is 12.7. The van der Waals surface area contributed by atoms with Crippen LogP contribution in [-0.4, -0.2) is 26.4 Å². The van der Waals surface area contributed by atoms with Crippen molar-refractivity contribution in [3.05, 3.63) is 53.7 Å². The first-order chi connectivity index (χ1) is 10.3. The third kappa shape index (κ3) is 2.25. The van der Waals surface area contributed by atoms with Gasteiger partial charge in [-0.3, -0.25) is 4.90 Å². The lowest BCUT2D eigenvalue weighted by atomic mass is 10.1. The van der Waals surface area contributed by atoms with Gasteiger partial charge in [-0.2, -0.15) is 0 Å². The number of hydrogen-bond acceptors (Lipinski definition) is 2. The molecule has 1 aliphatic heterocycles. The highest BCUT2D eigenvalue weighted by atomic mass is 15.2. The minimum absolute atomic E-state index is 0.424. The molecule has 1 aromatic carbocycles. The van der Waals surface area contributed by atoms with E-state index < -0.39 is 0 Å². The zero-order chi connectivity index (χ0) is 14.2. The maximum Gasteiger partial charge on any atom is 0.123 e. The summed E-state index contributed by atoms with van der Waals surface area (Å²) in [5.41, 5.74) is 3.76. The summed E-state index contributed by atoms with van der Waals surface area (Å²) in [7, 11) is 0. The highest BCUT2D eigenvalue weighted by Crippen LogP contribution is 2.32. The minimum Gasteiger partial charge on any atom is -0.361 e. The molecule has 0 amide bonds. The molecule has 0 radical (unpaired) electrons. The van der Waals surface area contributed by atoms with Crippen molar-refractivity contribution in [1.82, 2.24) is 19.9 Å². The Labute approximate surface area is 124 Å². The molecule has 0 unspecified atom stereocenters. The zero-order valence-corrected chi connectivity index (χ0v) is 12.3. The molecule has 1 atom stereocenters. The Morgan fingerprint density at radius 1 is 1.33 bits per heavy atom. The molecule has 0 saturated carbocycles. The number of hydrogen-bond donors (Lipinski definition) is 2. The molecule has 21 heavy (non-hydrogen) atoms. The minimum atomic E-state index is 0.424. The molecule has 2 N–H and O–H groups in total. The van der Waals surface area contributed by atoms with Gasteiger partial charge in [-0.15, -0.1) is 0 Å². The lowest BCUT2D eigenvalue weighted by Gasteiger charge is -2.23. The Bertz CT molecular complexity index is 755. The van der Waals surface area contributed by atoms with Crippen molar-refractivity contribution >= 4 is 10.9 Å². The van der Waals surface area contributed by atoms with Gasteiger partial charge in [0.15, 0.2) is 0 Å². The van der Waals surface area contributed by atoms with E-state index in [0.29, 0.717) is 6.04 Å². The average Bonchev–Trinajstić information content (AvgIpc) is 3.18. The fraction of sp³-hybridized carbons (Fsp3) is 0.353. The predicted octanol–water partition coefficient (Wildman–Crippen LogP) is 3.54. The highest BCUT2D eigenvalue weighted by molar-refractivity contribution is 5.82. The van der Waals surface area contributed by atoms with E-state index in [4.69, 9.17) is 0 Å². The Balaban J connectivity index is 1.62. The Morgan fingerprint density at radius 2 is 2.29 bits per heavy atom. The molecule has 4 heteroatoms. The van der Waals surface area contributed by atoms with Crippen LogP contribution in [0.15, 0.2) is 36.7 Å². The molecule has 0 bridgehead atoms. The van der Waals surface area contributed by atoms with E-state index in [9.17, 15) is 0 Å². The summed E-state index contributed by atoms with van der Waals surface area (Å²) in [6.07, 6.45) is 6.38. The molecule has 0 spiro atoms. The number of aromatic nitrogens is 3. The van der Waals surface area contributed by atoms with Gasteiger partial charge in [-0.05, 0) is 44.0 Å². The number of benzene rings is 1. The van der Waals surface area contributed by atoms with Crippen molar-refractivity contribution in [2.75, 3.05) is 6.54 Å². The predicted molar refractivity (Wildman–Crippen MR) is 84.0 cm³/mol. The molecule has 3 heterocycles. The van der Waals surface area contributed by atoms with Crippen LogP contribution < -0.4 is 0 Å². The summed E-state index contributed by atoms with van der Waals surface area (Å²) in [5, 5.41) is 1.33. The van der Waals surface area contributed by atoms with Crippen LogP contribution in [0.25, 0.3) is 10.9 Å². The molecule has 1 aliphatic rings. The van der Waals surface area contributed by atoms with Crippen molar-refractivity contribution in [2.45, 2.75) is 32.4 Å². The first-order valence-corrected chi connectivity index (χ1v) is 7.62. The van der Waals surface area contributed by atoms with E-state index in [-0.39, 0.29) is 0 Å². The van der Waals surface area contributed by atoms with Crippen LogP contribution in [0.3, 0.4) is 0 Å². The number of aryl methyl sites for hydroxylation is 1. The lowest BCUT2D eigenvalue weighted by Crippen LogP contribution is -2.23. The van der Waals surface area contributed by atoms with Crippen LogP contribution >= 0.6 is 0 Å². The fourth-order valence-electron chi connectivity index (χ4n) is 3.43. The van der Waals surface area contributed by atoms with Gasteiger partial charge in [-0.25, -0.2) is 4.98 Å². The molecular weight excluding hydrogens is 260 g/mol. The number of rotatable bonds is 3. The van der Waals surface area contributed by atoms with Crippen molar-refractivity contribution in [1.29, 1.82) is 0 Å². The second-order valence-corrected chi connectivity index (χ2v) is 5.94. The van der Waals surface area contributed by atoms with Crippen LogP contribution in [0.5, 0.6) is 0 Å². The second-order valence-electron chi connectivity index (χ2n) is 5.94. The summed E-state index contributed by atoms with van der Waals surface area (Å²) in [6.45, 7) is 4.20. The molecule has 2 aromatic heterocycles. The molecular formula is C17H20N4. The SMILES string of the molecule is Cc1cnc([C@H]2CCCN2Cc2cccc3[nH]ccc23)[nH]1. The average molecular weight is 280 g/mol. The first-order valence-electron chi connectivity index (χ1n) is 7.62. The van der Waals surface area contributed by atoms with Crippen molar-refractivity contribution in [3.8, 4) is 0 Å². The molecule has 3 aromatic rings. The highest BCUT2D eigenvalue weighted by Gasteiger charge is 2.28. The molecule has 1 saturated heterocycles. The summed E-state index contributed by atoms with van der Waals surface area (Å²) in [5.74, 6) is 1.12. The Morgan fingerprint density at radius 3 is 3.14 bits per heavy atom. The monoisotopic (exact) mass is 280 g/mol. The van der Waals surface area contributed by atoms with Crippen molar-refractivity contribution in [3.63, 3.8) is 0 Å². The van der Waals surface area contributed by atoms with E-state index in [1.807, 2.05) is 12.4 Å². The van der Waals surface area contributed by atoms with Gasteiger partial charge in [0.25, 0.3) is 0 Å². The van der Waals surface area contributed by atoms with Gasteiger partial charge in [0.05, 0.1) is 6.04 Å². The molecule has 0 aliphatic carbocycles. The standard InChI is InChI=1S/C17H20N4/c1-12-10-19-17(20-12)16-6-3-9-21(16)11-13-4-2-5-15-14(13)7-8-18-15/h2,4-5,7-8,10,16,18H,3,6,9,11H2,1H3,(H,19,20)/t16-/m1/s1. The van der Waals surface area contributed by atoms with E-state index in [2.05, 4.69) is 51.0 Å². The lowest BCUT2D eigenvalue weighted by molar-refractivity contribution is 0.241. The van der Waals surface area contributed by atoms with Crippen LogP contribution in [0.4, 0.5) is 0 Å². The fourth-order valence-corrected chi connectivity index (χ4v) is 3.43. The van der Waals surface area contributed by atoms with Crippen molar-refractivity contribution < 1.29 is 0 Å². The van der Waals surface area contributed by atoms with Gasteiger partial charge in [0.2, 0.25) is 0 Å². The molecule has 1 fully saturated rings. The normalized spacial score (nSPS) is 19.6. The summed E-state index contributed by atoms with van der Waals surface area (Å²) >= 11 is 0. The zero-order valence-electron chi connectivity index (χ0n) is 12.3. The maximum absolute atomic E-state index is 4.54. The van der Waals surface area contributed by atoms with Crippen LogP contribution in [0.1, 0.15) is 36.0 Å². The second kappa shape index (κ2) is 5.04. The van der Waals surface area contributed by atoms with Gasteiger partial charge in [0, 0.05) is 35.5 Å². The third-order valence-electron chi connectivity index (χ3n) is 4.46. The number of nitrogens with one attached hydrogen (secondary N) is 2. The topological polar surface area (TPSA) is 47.7 Å². The number of fused-ring (bicyclic) bond motifs is 1. The van der Waals surface area contributed by atoms with Gasteiger partial charge in [-0.1, -0.05) is 12.1 Å². The maximum atomic E-state index is 4.54. The number of H-pyrrole nitrogens is 2. The Kier molecular flexibility index (Phi) is 3.04. The van der Waals surface area contributed by atoms with E-state index >= 15 is 0 Å². The van der Waals surface area contributed by atoms with Gasteiger partial charge < -0.3 is 9.97 Å². The number of nitrogens with zero attached hydrogens (tertiary/aromatic N) is 2. The van der Waals surface area contributed by atoms with E-state index in [1.54, 1.807) is 0 Å². The Hall–Kier alpha value is -2.07. The third-order valence-corrected chi connectivity index (χ3v) is 4.46. The van der Waals surface area contributed by atoms with E-state index in [1.165, 1.54) is 29.3 Å². The quantitative estimate of drug-likeness (QED) is 0.771. The van der Waals surface area contributed by atoms with Crippen LogP contribution in [-0.2, 0) is 6.54 Å². The van der Waals surface area contributed by atoms with Gasteiger partial charge in [0.1, 0.15) is 5.82 Å². The van der Waals surface area contributed by atoms with E-state index in [0.717, 1.165) is 24.6 Å². The number of aromatic amines is 2. The number of imidazole rings is 1. The molecule has 108 valence electrons. The summed E-state index contributed by atoms with van der Waals surface area (Å²) in [6, 6.07) is 9.10. The number of likely N-dealkylation sites (tertiary alicyclic amines) is 1. The summed E-state index contributed by atoms with van der Waals surface area (Å²) in [4.78, 5) is 13.8.